The lowest BCUT2D eigenvalue weighted by Gasteiger charge is -2.09. The molecule has 3 aromatic carbocycles. The van der Waals surface area contributed by atoms with Crippen LogP contribution in [-0.4, -0.2) is 31.6 Å². The second kappa shape index (κ2) is 11.2. The molecule has 0 fully saturated rings. The summed E-state index contributed by atoms with van der Waals surface area (Å²) in [5.74, 6) is 0.599. The zero-order valence-electron chi connectivity index (χ0n) is 19.2. The maximum Gasteiger partial charge on any atom is 0.296 e. The number of para-hydroxylation sites is 1. The molecule has 34 heavy (non-hydrogen) atoms. The molecule has 0 aliphatic carbocycles. The van der Waals surface area contributed by atoms with E-state index >= 15 is 0 Å². The monoisotopic (exact) mass is 476 g/mol. The van der Waals surface area contributed by atoms with Gasteiger partial charge in [-0.2, -0.15) is 8.42 Å². The van der Waals surface area contributed by atoms with Gasteiger partial charge in [-0.25, -0.2) is 9.97 Å². The predicted octanol–water partition coefficient (Wildman–Crippen LogP) is 5.29. The van der Waals surface area contributed by atoms with Crippen molar-refractivity contribution in [3.63, 3.8) is 0 Å². The van der Waals surface area contributed by atoms with Crippen LogP contribution in [0.1, 0.15) is 29.5 Å². The molecule has 0 atom stereocenters. The summed E-state index contributed by atoms with van der Waals surface area (Å²) >= 11 is 0. The zero-order valence-corrected chi connectivity index (χ0v) is 20.0. The van der Waals surface area contributed by atoms with Crippen molar-refractivity contribution in [2.75, 3.05) is 13.2 Å². The van der Waals surface area contributed by atoms with E-state index in [4.69, 9.17) is 8.92 Å². The van der Waals surface area contributed by atoms with E-state index in [1.54, 1.807) is 24.3 Å². The summed E-state index contributed by atoms with van der Waals surface area (Å²) in [5, 5.41) is 0.908. The van der Waals surface area contributed by atoms with E-state index in [0.717, 1.165) is 35.7 Å². The lowest BCUT2D eigenvalue weighted by Crippen LogP contribution is -2.08. The van der Waals surface area contributed by atoms with Crippen LogP contribution in [-0.2, 0) is 27.1 Å². The number of aromatic nitrogens is 2. The first kappa shape index (κ1) is 23.9. The largest absolute Gasteiger partial charge is 0.477 e. The van der Waals surface area contributed by atoms with Crippen molar-refractivity contribution in [2.24, 2.45) is 0 Å². The minimum atomic E-state index is -3.70. The lowest BCUT2D eigenvalue weighted by atomic mass is 10.0. The van der Waals surface area contributed by atoms with Crippen LogP contribution in [0.4, 0.5) is 0 Å². The van der Waals surface area contributed by atoms with Crippen LogP contribution in [0.25, 0.3) is 10.9 Å². The van der Waals surface area contributed by atoms with Crippen LogP contribution in [0.5, 0.6) is 5.88 Å². The SMILES string of the molecule is Cc1ccc(S(=O)(=O)OCCCCc2cccc(CCOc3ncnc4ccccc34)c2)cc1. The highest BCUT2D eigenvalue weighted by molar-refractivity contribution is 7.86. The summed E-state index contributed by atoms with van der Waals surface area (Å²) in [6.45, 7) is 2.62. The van der Waals surface area contributed by atoms with E-state index in [-0.39, 0.29) is 11.5 Å². The van der Waals surface area contributed by atoms with E-state index < -0.39 is 10.1 Å². The van der Waals surface area contributed by atoms with Gasteiger partial charge in [-0.1, -0.05) is 54.1 Å². The molecular weight excluding hydrogens is 448 g/mol. The molecule has 0 aliphatic rings. The van der Waals surface area contributed by atoms with Gasteiger partial charge in [0.1, 0.15) is 6.33 Å². The normalized spacial score (nSPS) is 11.6. The van der Waals surface area contributed by atoms with E-state index in [0.29, 0.717) is 18.9 Å². The molecule has 6 nitrogen and oxygen atoms in total. The van der Waals surface area contributed by atoms with Gasteiger partial charge in [-0.05, 0) is 61.6 Å². The first-order valence-electron chi connectivity index (χ1n) is 11.4. The van der Waals surface area contributed by atoms with Gasteiger partial charge in [0.15, 0.2) is 0 Å². The molecule has 4 aromatic rings. The molecule has 4 rings (SSSR count). The van der Waals surface area contributed by atoms with Crippen molar-refractivity contribution >= 4 is 21.0 Å². The van der Waals surface area contributed by atoms with Gasteiger partial charge in [0.25, 0.3) is 10.1 Å². The Balaban J connectivity index is 1.22. The molecule has 0 amide bonds. The quantitative estimate of drug-likeness (QED) is 0.216. The minimum Gasteiger partial charge on any atom is -0.477 e. The van der Waals surface area contributed by atoms with Crippen LogP contribution in [0.15, 0.2) is 84.0 Å². The Morgan fingerprint density at radius 1 is 0.794 bits per heavy atom. The number of benzene rings is 3. The summed E-state index contributed by atoms with van der Waals surface area (Å²) < 4.78 is 35.6. The van der Waals surface area contributed by atoms with Gasteiger partial charge in [0, 0.05) is 6.42 Å². The Morgan fingerprint density at radius 3 is 2.38 bits per heavy atom. The molecule has 0 N–H and O–H groups in total. The van der Waals surface area contributed by atoms with Crippen molar-refractivity contribution < 1.29 is 17.3 Å². The third-order valence-corrected chi connectivity index (χ3v) is 6.86. The summed E-state index contributed by atoms with van der Waals surface area (Å²) in [4.78, 5) is 8.72. The fourth-order valence-corrected chi connectivity index (χ4v) is 4.62. The van der Waals surface area contributed by atoms with Crippen molar-refractivity contribution in [3.8, 4) is 5.88 Å². The highest BCUT2D eigenvalue weighted by Gasteiger charge is 2.14. The molecule has 7 heteroatoms. The fraction of sp³-hybridized carbons (Fsp3) is 0.259. The minimum absolute atomic E-state index is 0.177. The number of fused-ring (bicyclic) bond motifs is 1. The number of hydrogen-bond donors (Lipinski definition) is 0. The smallest absolute Gasteiger partial charge is 0.296 e. The summed E-state index contributed by atoms with van der Waals surface area (Å²) in [7, 11) is -3.70. The molecule has 0 spiro atoms. The number of hydrogen-bond acceptors (Lipinski definition) is 6. The summed E-state index contributed by atoms with van der Waals surface area (Å²) in [5.41, 5.74) is 4.28. The Hall–Kier alpha value is -3.29. The lowest BCUT2D eigenvalue weighted by molar-refractivity contribution is 0.308. The second-order valence-corrected chi connectivity index (χ2v) is 9.78. The van der Waals surface area contributed by atoms with Crippen LogP contribution in [0.3, 0.4) is 0 Å². The predicted molar refractivity (Wildman–Crippen MR) is 132 cm³/mol. The van der Waals surface area contributed by atoms with Gasteiger partial charge >= 0.3 is 0 Å². The van der Waals surface area contributed by atoms with Crippen molar-refractivity contribution in [3.05, 3.63) is 95.8 Å². The summed E-state index contributed by atoms with van der Waals surface area (Å²) in [6.07, 6.45) is 4.66. The molecule has 0 saturated carbocycles. The van der Waals surface area contributed by atoms with Gasteiger partial charge in [0.2, 0.25) is 5.88 Å². The van der Waals surface area contributed by atoms with Gasteiger partial charge < -0.3 is 4.74 Å². The maximum atomic E-state index is 12.3. The van der Waals surface area contributed by atoms with Crippen LogP contribution in [0.2, 0.25) is 0 Å². The van der Waals surface area contributed by atoms with Crippen LogP contribution < -0.4 is 4.74 Å². The van der Waals surface area contributed by atoms with Gasteiger partial charge in [0.05, 0.1) is 29.0 Å². The van der Waals surface area contributed by atoms with E-state index in [1.165, 1.54) is 17.5 Å². The van der Waals surface area contributed by atoms with Gasteiger partial charge in [-0.3, -0.25) is 4.18 Å². The molecule has 176 valence electrons. The molecule has 0 saturated heterocycles. The average Bonchev–Trinajstić information content (AvgIpc) is 2.84. The fourth-order valence-electron chi connectivity index (χ4n) is 3.67. The Morgan fingerprint density at radius 2 is 1.56 bits per heavy atom. The van der Waals surface area contributed by atoms with Crippen molar-refractivity contribution in [1.29, 1.82) is 0 Å². The first-order valence-corrected chi connectivity index (χ1v) is 12.8. The highest BCUT2D eigenvalue weighted by atomic mass is 32.2. The third-order valence-electron chi connectivity index (χ3n) is 5.54. The molecule has 1 aromatic heterocycles. The maximum absolute atomic E-state index is 12.3. The van der Waals surface area contributed by atoms with E-state index in [2.05, 4.69) is 28.2 Å². The Labute approximate surface area is 200 Å². The zero-order chi connectivity index (χ0) is 23.8. The van der Waals surface area contributed by atoms with E-state index in [9.17, 15) is 8.42 Å². The molecule has 1 heterocycles. The average molecular weight is 477 g/mol. The number of unbranched alkanes of at least 4 members (excludes halogenated alkanes) is 1. The summed E-state index contributed by atoms with van der Waals surface area (Å²) in [6, 6.07) is 22.9. The van der Waals surface area contributed by atoms with Crippen LogP contribution in [0, 0.1) is 6.92 Å². The Kier molecular flexibility index (Phi) is 7.87. The molecular formula is C27H28N2O4S. The molecule has 0 unspecified atom stereocenters. The van der Waals surface area contributed by atoms with Gasteiger partial charge in [-0.15, -0.1) is 0 Å². The molecule has 0 radical (unpaired) electrons. The van der Waals surface area contributed by atoms with Crippen molar-refractivity contribution in [2.45, 2.75) is 37.5 Å². The molecule has 0 bridgehead atoms. The van der Waals surface area contributed by atoms with Crippen molar-refractivity contribution in [1.82, 2.24) is 9.97 Å². The number of nitrogens with zero attached hydrogens (tertiary/aromatic N) is 2. The van der Waals surface area contributed by atoms with E-state index in [1.807, 2.05) is 37.3 Å². The second-order valence-electron chi connectivity index (χ2n) is 8.16. The highest BCUT2D eigenvalue weighted by Crippen LogP contribution is 2.21. The number of aryl methyl sites for hydroxylation is 2. The first-order chi connectivity index (χ1) is 16.5. The number of rotatable bonds is 11. The third kappa shape index (κ3) is 6.40. The van der Waals surface area contributed by atoms with Crippen LogP contribution >= 0.6 is 0 Å². The number of ether oxygens (including phenoxy) is 1. The topological polar surface area (TPSA) is 78.4 Å². The molecule has 0 aliphatic heterocycles. The Bertz CT molecular complexity index is 1330. The standard InChI is InChI=1S/C27H28N2O4S/c1-21-12-14-24(15-13-21)34(30,31)33-17-5-4-7-22-8-6-9-23(19-22)16-18-32-27-25-10-2-3-11-26(25)28-20-29-27/h2-3,6,8-15,19-20H,4-5,7,16-18H2,1H3.